The lowest BCUT2D eigenvalue weighted by Gasteiger charge is -2.01. The zero-order valence-corrected chi connectivity index (χ0v) is 7.93. The summed E-state index contributed by atoms with van der Waals surface area (Å²) in [5.41, 5.74) is 6.45. The van der Waals surface area contributed by atoms with Crippen LogP contribution in [-0.2, 0) is 0 Å². The van der Waals surface area contributed by atoms with E-state index in [1.54, 1.807) is 6.92 Å². The zero-order chi connectivity index (χ0) is 11.2. The lowest BCUT2D eigenvalue weighted by atomic mass is 10.1. The van der Waals surface area contributed by atoms with Crippen LogP contribution in [0.1, 0.15) is 16.2 Å². The minimum absolute atomic E-state index is 0.0470. The molecule has 2 heterocycles. The summed E-state index contributed by atoms with van der Waals surface area (Å²) in [5, 5.41) is 8.97. The fourth-order valence-electron chi connectivity index (χ4n) is 1.46. The highest BCUT2D eigenvalue weighted by Gasteiger charge is 2.17. The van der Waals surface area contributed by atoms with Crippen molar-refractivity contribution in [3.05, 3.63) is 17.6 Å². The van der Waals surface area contributed by atoms with Gasteiger partial charge in [0.15, 0.2) is 17.2 Å². The van der Waals surface area contributed by atoms with Gasteiger partial charge in [0.2, 0.25) is 0 Å². The number of rotatable bonds is 1. The van der Waals surface area contributed by atoms with Crippen LogP contribution < -0.4 is 11.3 Å². The van der Waals surface area contributed by atoms with E-state index in [0.717, 1.165) is 0 Å². The molecule has 3 N–H and O–H groups in total. The minimum atomic E-state index is -1.08. The maximum absolute atomic E-state index is 11.0. The first kappa shape index (κ1) is 9.51. The normalized spacial score (nSPS) is 10.7. The second kappa shape index (κ2) is 2.98. The van der Waals surface area contributed by atoms with Crippen LogP contribution >= 0.6 is 0 Å². The van der Waals surface area contributed by atoms with E-state index in [-0.39, 0.29) is 17.1 Å². The number of carboxylic acids is 1. The topological polar surface area (TPSA) is 93.5 Å². The van der Waals surface area contributed by atoms with Crippen LogP contribution in [0.15, 0.2) is 6.20 Å². The molecule has 7 heteroatoms. The number of carbonyl (C=O) groups is 1. The molecule has 0 aliphatic carbocycles. The molecule has 74 valence electrons. The smallest absolute Gasteiger partial charge is 0.354 e. The Labute approximate surface area is 86.2 Å². The number of aromatic nitrogens is 3. The molecular weight excluding hydrogens is 195 g/mol. The number of fused-ring (bicyclic) bond motifs is 1. The van der Waals surface area contributed by atoms with Crippen molar-refractivity contribution >= 4 is 30.9 Å². The van der Waals surface area contributed by atoms with Gasteiger partial charge in [-0.25, -0.2) is 14.8 Å². The van der Waals surface area contributed by atoms with E-state index >= 15 is 0 Å². The highest BCUT2D eigenvalue weighted by atomic mass is 16.4. The molecule has 0 fully saturated rings. The largest absolute Gasteiger partial charge is 0.477 e. The van der Waals surface area contributed by atoms with Crippen molar-refractivity contribution in [3.63, 3.8) is 0 Å². The SMILES string of the molecule is [B]c1cn2c(C(=O)O)c(C)nc2c(N)n1. The Hall–Kier alpha value is -2.05. The molecule has 2 aromatic heterocycles. The average Bonchev–Trinajstić information content (AvgIpc) is 2.41. The Morgan fingerprint density at radius 3 is 2.87 bits per heavy atom. The second-order valence-electron chi connectivity index (χ2n) is 3.10. The van der Waals surface area contributed by atoms with Gasteiger partial charge in [0.25, 0.3) is 0 Å². The first-order valence-corrected chi connectivity index (χ1v) is 4.14. The summed E-state index contributed by atoms with van der Waals surface area (Å²) < 4.78 is 1.33. The van der Waals surface area contributed by atoms with Gasteiger partial charge in [-0.1, -0.05) is 0 Å². The van der Waals surface area contributed by atoms with Crippen molar-refractivity contribution in [2.75, 3.05) is 5.73 Å². The molecule has 2 aromatic rings. The number of hydrogen-bond donors (Lipinski definition) is 2. The number of hydrogen-bond acceptors (Lipinski definition) is 4. The van der Waals surface area contributed by atoms with Crippen LogP contribution in [0.5, 0.6) is 0 Å². The first-order chi connectivity index (χ1) is 7.00. The Bertz CT molecular complexity index is 563. The van der Waals surface area contributed by atoms with Crippen LogP contribution in [-0.4, -0.2) is 33.3 Å². The second-order valence-corrected chi connectivity index (χ2v) is 3.10. The summed E-state index contributed by atoms with van der Waals surface area (Å²) in [7, 11) is 5.47. The van der Waals surface area contributed by atoms with Crippen molar-refractivity contribution in [1.82, 2.24) is 14.4 Å². The van der Waals surface area contributed by atoms with Gasteiger partial charge in [-0.3, -0.25) is 4.40 Å². The predicted octanol–water partition coefficient (Wildman–Crippen LogP) is -0.888. The molecule has 0 saturated heterocycles. The summed E-state index contributed by atoms with van der Waals surface area (Å²) in [6, 6.07) is 0. The van der Waals surface area contributed by atoms with E-state index in [2.05, 4.69) is 9.97 Å². The lowest BCUT2D eigenvalue weighted by molar-refractivity contribution is 0.0688. The van der Waals surface area contributed by atoms with Gasteiger partial charge < -0.3 is 10.8 Å². The summed E-state index contributed by atoms with van der Waals surface area (Å²) in [4.78, 5) is 18.8. The Morgan fingerprint density at radius 1 is 1.60 bits per heavy atom. The molecular formula is C8H7BN4O2. The third kappa shape index (κ3) is 1.32. The molecule has 0 aromatic carbocycles. The van der Waals surface area contributed by atoms with E-state index in [9.17, 15) is 4.79 Å². The van der Waals surface area contributed by atoms with Gasteiger partial charge in [-0.2, -0.15) is 0 Å². The summed E-state index contributed by atoms with van der Waals surface area (Å²) in [5.74, 6) is -0.962. The van der Waals surface area contributed by atoms with Crippen molar-refractivity contribution in [1.29, 1.82) is 0 Å². The van der Waals surface area contributed by atoms with Gasteiger partial charge in [0.05, 0.1) is 5.69 Å². The maximum Gasteiger partial charge on any atom is 0.354 e. The van der Waals surface area contributed by atoms with E-state index in [1.807, 2.05) is 0 Å². The molecule has 0 amide bonds. The fourth-order valence-corrected chi connectivity index (χ4v) is 1.46. The summed E-state index contributed by atoms with van der Waals surface area (Å²) >= 11 is 0. The van der Waals surface area contributed by atoms with Crippen molar-refractivity contribution in [3.8, 4) is 0 Å². The number of aromatic carboxylic acids is 1. The Balaban J connectivity index is 2.93. The molecule has 0 aliphatic heterocycles. The van der Waals surface area contributed by atoms with Crippen molar-refractivity contribution in [2.24, 2.45) is 0 Å². The fraction of sp³-hybridized carbons (Fsp3) is 0.125. The summed E-state index contributed by atoms with van der Waals surface area (Å²) in [6.45, 7) is 1.59. The van der Waals surface area contributed by atoms with Gasteiger partial charge >= 0.3 is 5.97 Å². The van der Waals surface area contributed by atoms with Crippen LogP contribution in [0.2, 0.25) is 0 Å². The van der Waals surface area contributed by atoms with Gasteiger partial charge in [0, 0.05) is 11.8 Å². The minimum Gasteiger partial charge on any atom is -0.477 e. The van der Waals surface area contributed by atoms with Gasteiger partial charge in [-0.05, 0) is 6.92 Å². The molecule has 0 aliphatic rings. The van der Waals surface area contributed by atoms with Crippen LogP contribution in [0.4, 0.5) is 5.82 Å². The standard InChI is InChI=1S/C8H7BN4O2/c1-3-5(8(14)15)13-2-4(9)12-6(10)7(13)11-3/h2H,1H3,(H2,10,12)(H,14,15). The summed E-state index contributed by atoms with van der Waals surface area (Å²) in [6.07, 6.45) is 1.38. The quantitative estimate of drug-likeness (QED) is 0.585. The van der Waals surface area contributed by atoms with E-state index in [4.69, 9.17) is 18.7 Å². The zero-order valence-electron chi connectivity index (χ0n) is 7.93. The monoisotopic (exact) mass is 202 g/mol. The number of nitrogen functional groups attached to an aromatic ring is 1. The number of imidazole rings is 1. The van der Waals surface area contributed by atoms with Crippen molar-refractivity contribution < 1.29 is 9.90 Å². The lowest BCUT2D eigenvalue weighted by Crippen LogP contribution is -2.15. The number of nitrogens with two attached hydrogens (primary N) is 1. The molecule has 15 heavy (non-hydrogen) atoms. The first-order valence-electron chi connectivity index (χ1n) is 4.14. The van der Waals surface area contributed by atoms with E-state index in [1.165, 1.54) is 10.6 Å². The average molecular weight is 202 g/mol. The van der Waals surface area contributed by atoms with Crippen LogP contribution in [0.3, 0.4) is 0 Å². The third-order valence-corrected chi connectivity index (χ3v) is 2.03. The number of aryl methyl sites for hydroxylation is 1. The van der Waals surface area contributed by atoms with Crippen LogP contribution in [0.25, 0.3) is 5.65 Å². The van der Waals surface area contributed by atoms with E-state index < -0.39 is 5.97 Å². The molecule has 2 rings (SSSR count). The molecule has 0 spiro atoms. The molecule has 0 unspecified atom stereocenters. The molecule has 0 saturated carbocycles. The Kier molecular flexibility index (Phi) is 1.89. The molecule has 0 atom stereocenters. The molecule has 6 nitrogen and oxygen atoms in total. The highest BCUT2D eigenvalue weighted by molar-refractivity contribution is 6.30. The number of nitrogens with zero attached hydrogens (tertiary/aromatic N) is 3. The third-order valence-electron chi connectivity index (χ3n) is 2.03. The van der Waals surface area contributed by atoms with Crippen molar-refractivity contribution in [2.45, 2.75) is 6.92 Å². The number of anilines is 1. The van der Waals surface area contributed by atoms with Gasteiger partial charge in [0.1, 0.15) is 7.85 Å². The van der Waals surface area contributed by atoms with Crippen LogP contribution in [0, 0.1) is 6.92 Å². The maximum atomic E-state index is 11.0. The van der Waals surface area contributed by atoms with E-state index in [0.29, 0.717) is 11.3 Å². The molecule has 0 bridgehead atoms. The molecule has 2 radical (unpaired) electrons. The van der Waals surface area contributed by atoms with Gasteiger partial charge in [-0.15, -0.1) is 0 Å². The number of carboxylic acid groups (broad SMARTS) is 1. The Morgan fingerprint density at radius 2 is 2.27 bits per heavy atom. The highest BCUT2D eigenvalue weighted by Crippen LogP contribution is 2.14. The predicted molar refractivity (Wildman–Crippen MR) is 54.5 cm³/mol.